The maximum absolute atomic E-state index is 12.7. The van der Waals surface area contributed by atoms with Crippen LogP contribution < -0.4 is 20.1 Å². The molecule has 3 N–H and O–H groups in total. The fourth-order valence-corrected chi connectivity index (χ4v) is 5.02. The molecule has 0 saturated carbocycles. The molecule has 170 valence electrons. The summed E-state index contributed by atoms with van der Waals surface area (Å²) in [6.45, 7) is 2.38. The fourth-order valence-electron chi connectivity index (χ4n) is 3.43. The quantitative estimate of drug-likeness (QED) is 0.585. The van der Waals surface area contributed by atoms with Gasteiger partial charge in [0.2, 0.25) is 10.0 Å². The SMILES string of the molecule is C[C@H]1Oc2ccc(NC(=O)c3ccc(Cl)c(S(=O)(=O)NC[C@H]4CCCO4)c3)cc2NC1=O. The summed E-state index contributed by atoms with van der Waals surface area (Å²) in [5, 5.41) is 5.40. The van der Waals surface area contributed by atoms with E-state index in [4.69, 9.17) is 21.1 Å². The Labute approximate surface area is 190 Å². The molecule has 0 spiro atoms. The van der Waals surface area contributed by atoms with Gasteiger partial charge in [-0.1, -0.05) is 11.6 Å². The minimum absolute atomic E-state index is 0.00384. The number of carbonyl (C=O) groups is 2. The van der Waals surface area contributed by atoms with E-state index < -0.39 is 22.0 Å². The average molecular weight is 480 g/mol. The molecule has 0 bridgehead atoms. The van der Waals surface area contributed by atoms with Crippen molar-refractivity contribution in [3.8, 4) is 5.75 Å². The standard InChI is InChI=1S/C21H22ClN3O6S/c1-12-20(26)25-17-10-14(5-7-18(17)31-12)24-21(27)13-4-6-16(22)19(9-13)32(28,29)23-11-15-3-2-8-30-15/h4-7,9-10,12,15,23H,2-3,8,11H2,1H3,(H,24,27)(H,25,26)/t12-,15-/m1/s1. The number of rotatable bonds is 6. The van der Waals surface area contributed by atoms with Gasteiger partial charge >= 0.3 is 0 Å². The van der Waals surface area contributed by atoms with E-state index in [1.54, 1.807) is 25.1 Å². The predicted molar refractivity (Wildman–Crippen MR) is 119 cm³/mol. The molecule has 9 nitrogen and oxygen atoms in total. The van der Waals surface area contributed by atoms with Crippen molar-refractivity contribution in [1.82, 2.24) is 4.72 Å². The second-order valence-electron chi connectivity index (χ2n) is 7.55. The molecule has 32 heavy (non-hydrogen) atoms. The van der Waals surface area contributed by atoms with Crippen LogP contribution in [0.5, 0.6) is 5.75 Å². The molecule has 11 heteroatoms. The number of sulfonamides is 1. The Bertz CT molecular complexity index is 1160. The van der Waals surface area contributed by atoms with Crippen LogP contribution in [-0.4, -0.2) is 45.6 Å². The van der Waals surface area contributed by atoms with E-state index in [1.165, 1.54) is 18.2 Å². The van der Waals surface area contributed by atoms with E-state index in [0.29, 0.717) is 23.7 Å². The minimum atomic E-state index is -3.94. The first-order valence-corrected chi connectivity index (χ1v) is 11.9. The largest absolute Gasteiger partial charge is 0.479 e. The summed E-state index contributed by atoms with van der Waals surface area (Å²) in [6.07, 6.45) is 0.891. The van der Waals surface area contributed by atoms with Crippen molar-refractivity contribution in [2.75, 3.05) is 23.8 Å². The van der Waals surface area contributed by atoms with Gasteiger partial charge in [-0.15, -0.1) is 0 Å². The molecule has 1 fully saturated rings. The van der Waals surface area contributed by atoms with Crippen molar-refractivity contribution in [2.45, 2.75) is 36.9 Å². The van der Waals surface area contributed by atoms with Crippen LogP contribution in [0.2, 0.25) is 5.02 Å². The normalized spacial score (nSPS) is 20.2. The summed E-state index contributed by atoms with van der Waals surface area (Å²) >= 11 is 6.11. The highest BCUT2D eigenvalue weighted by atomic mass is 35.5. The van der Waals surface area contributed by atoms with Crippen LogP contribution in [0.4, 0.5) is 11.4 Å². The number of anilines is 2. The molecule has 0 aromatic heterocycles. The zero-order chi connectivity index (χ0) is 22.9. The second-order valence-corrected chi connectivity index (χ2v) is 9.69. The van der Waals surface area contributed by atoms with Crippen LogP contribution >= 0.6 is 11.6 Å². The third-order valence-corrected chi connectivity index (χ3v) is 7.08. The van der Waals surface area contributed by atoms with Crippen molar-refractivity contribution in [2.24, 2.45) is 0 Å². The first-order chi connectivity index (χ1) is 15.2. The van der Waals surface area contributed by atoms with Crippen molar-refractivity contribution in [3.05, 3.63) is 47.0 Å². The van der Waals surface area contributed by atoms with Crippen molar-refractivity contribution in [1.29, 1.82) is 0 Å². The van der Waals surface area contributed by atoms with E-state index in [2.05, 4.69) is 15.4 Å². The Balaban J connectivity index is 1.50. The Morgan fingerprint density at radius 3 is 2.81 bits per heavy atom. The molecule has 2 heterocycles. The second kappa shape index (κ2) is 9.07. The summed E-state index contributed by atoms with van der Waals surface area (Å²) in [4.78, 5) is 24.4. The van der Waals surface area contributed by atoms with E-state index in [-0.39, 0.29) is 34.0 Å². The first kappa shape index (κ1) is 22.5. The molecule has 2 aliphatic heterocycles. The van der Waals surface area contributed by atoms with Gasteiger partial charge in [-0.05, 0) is 56.2 Å². The van der Waals surface area contributed by atoms with Gasteiger partial charge in [0, 0.05) is 24.4 Å². The van der Waals surface area contributed by atoms with Crippen molar-refractivity contribution in [3.63, 3.8) is 0 Å². The first-order valence-electron chi connectivity index (χ1n) is 10.1. The number of hydrogen-bond acceptors (Lipinski definition) is 6. The highest BCUT2D eigenvalue weighted by molar-refractivity contribution is 7.89. The zero-order valence-electron chi connectivity index (χ0n) is 17.2. The van der Waals surface area contributed by atoms with Gasteiger partial charge in [-0.3, -0.25) is 9.59 Å². The topological polar surface area (TPSA) is 123 Å². The van der Waals surface area contributed by atoms with E-state index in [1.807, 2.05) is 0 Å². The van der Waals surface area contributed by atoms with Crippen molar-refractivity contribution >= 4 is 44.8 Å². The number of hydrogen-bond donors (Lipinski definition) is 3. The van der Waals surface area contributed by atoms with E-state index in [9.17, 15) is 18.0 Å². The number of halogens is 1. The highest BCUT2D eigenvalue weighted by Gasteiger charge is 2.25. The molecule has 4 rings (SSSR count). The molecule has 2 aromatic rings. The van der Waals surface area contributed by atoms with E-state index >= 15 is 0 Å². The van der Waals surface area contributed by atoms with Gasteiger partial charge in [-0.2, -0.15) is 0 Å². The average Bonchev–Trinajstić information content (AvgIpc) is 3.27. The maximum atomic E-state index is 12.7. The lowest BCUT2D eigenvalue weighted by atomic mass is 10.2. The van der Waals surface area contributed by atoms with Crippen LogP contribution in [0.25, 0.3) is 0 Å². The Morgan fingerprint density at radius 2 is 2.06 bits per heavy atom. The summed E-state index contributed by atoms with van der Waals surface area (Å²) in [7, 11) is -3.94. The predicted octanol–water partition coefficient (Wildman–Crippen LogP) is 2.77. The van der Waals surface area contributed by atoms with Crippen LogP contribution in [0, 0.1) is 0 Å². The Kier molecular flexibility index (Phi) is 6.38. The van der Waals surface area contributed by atoms with Crippen LogP contribution in [0.3, 0.4) is 0 Å². The lowest BCUT2D eigenvalue weighted by Gasteiger charge is -2.23. The van der Waals surface area contributed by atoms with Gasteiger partial charge in [0.05, 0.1) is 16.8 Å². The Morgan fingerprint density at radius 1 is 1.25 bits per heavy atom. The lowest BCUT2D eigenvalue weighted by Crippen LogP contribution is -2.34. The van der Waals surface area contributed by atoms with Gasteiger partial charge in [0.1, 0.15) is 10.6 Å². The lowest BCUT2D eigenvalue weighted by molar-refractivity contribution is -0.122. The zero-order valence-corrected chi connectivity index (χ0v) is 18.8. The fraction of sp³-hybridized carbons (Fsp3) is 0.333. The van der Waals surface area contributed by atoms with Gasteiger partial charge in [0.15, 0.2) is 6.10 Å². The molecule has 2 aliphatic rings. The number of ether oxygens (including phenoxy) is 2. The smallest absolute Gasteiger partial charge is 0.265 e. The molecular formula is C21H22ClN3O6S. The summed E-state index contributed by atoms with van der Waals surface area (Å²) in [5.74, 6) is -0.329. The van der Waals surface area contributed by atoms with Crippen LogP contribution in [-0.2, 0) is 19.6 Å². The van der Waals surface area contributed by atoms with Crippen LogP contribution in [0.15, 0.2) is 41.3 Å². The number of benzene rings is 2. The molecule has 0 radical (unpaired) electrons. The monoisotopic (exact) mass is 479 g/mol. The molecule has 1 saturated heterocycles. The number of nitrogens with one attached hydrogen (secondary N) is 3. The van der Waals surface area contributed by atoms with E-state index in [0.717, 1.165) is 12.8 Å². The summed E-state index contributed by atoms with van der Waals surface area (Å²) in [6, 6.07) is 8.83. The van der Waals surface area contributed by atoms with Gasteiger partial charge in [-0.25, -0.2) is 13.1 Å². The maximum Gasteiger partial charge on any atom is 0.265 e. The Hall–Kier alpha value is -2.66. The summed E-state index contributed by atoms with van der Waals surface area (Å²) < 4.78 is 38.9. The van der Waals surface area contributed by atoms with Crippen LogP contribution in [0.1, 0.15) is 30.1 Å². The van der Waals surface area contributed by atoms with Gasteiger partial charge in [0.25, 0.3) is 11.8 Å². The number of fused-ring (bicyclic) bond motifs is 1. The number of amides is 2. The van der Waals surface area contributed by atoms with Crippen molar-refractivity contribution < 1.29 is 27.5 Å². The molecule has 2 aromatic carbocycles. The molecule has 0 aliphatic carbocycles. The third-order valence-electron chi connectivity index (χ3n) is 5.18. The third kappa shape index (κ3) is 4.88. The molecule has 2 amide bonds. The molecular weight excluding hydrogens is 458 g/mol. The highest BCUT2D eigenvalue weighted by Crippen LogP contribution is 2.32. The molecule has 2 atom stereocenters. The number of carbonyl (C=O) groups excluding carboxylic acids is 2. The summed E-state index contributed by atoms with van der Waals surface area (Å²) in [5.41, 5.74) is 0.949. The van der Waals surface area contributed by atoms with Gasteiger partial charge < -0.3 is 20.1 Å². The minimum Gasteiger partial charge on any atom is -0.479 e. The molecule has 0 unspecified atom stereocenters.